The summed E-state index contributed by atoms with van der Waals surface area (Å²) < 4.78 is 10.7. The Labute approximate surface area is 160 Å². The second-order valence-electron chi connectivity index (χ2n) is 7.77. The second kappa shape index (κ2) is 8.15. The van der Waals surface area contributed by atoms with Gasteiger partial charge >= 0.3 is 5.63 Å². The summed E-state index contributed by atoms with van der Waals surface area (Å²) in [4.78, 5) is 27.0. The molecule has 1 aliphatic carbocycles. The van der Waals surface area contributed by atoms with Crippen LogP contribution in [0.1, 0.15) is 50.2 Å². The van der Waals surface area contributed by atoms with Crippen molar-refractivity contribution in [3.8, 4) is 5.75 Å². The van der Waals surface area contributed by atoms with Crippen LogP contribution < -0.4 is 10.4 Å². The molecule has 5 heteroatoms. The van der Waals surface area contributed by atoms with Gasteiger partial charge < -0.3 is 14.1 Å². The summed E-state index contributed by atoms with van der Waals surface area (Å²) in [5.74, 6) is 1.51. The normalized spacial score (nSPS) is 19.9. The van der Waals surface area contributed by atoms with E-state index in [4.69, 9.17) is 9.15 Å². The molecule has 1 heterocycles. The highest BCUT2D eigenvalue weighted by Crippen LogP contribution is 2.27. The molecule has 146 valence electrons. The number of nitrogens with zero attached hydrogens (tertiary/aromatic N) is 1. The minimum Gasteiger partial charge on any atom is -0.497 e. The Morgan fingerprint density at radius 2 is 1.96 bits per heavy atom. The van der Waals surface area contributed by atoms with E-state index in [9.17, 15) is 9.59 Å². The van der Waals surface area contributed by atoms with Crippen LogP contribution in [0, 0.1) is 12.8 Å². The molecule has 0 unspecified atom stereocenters. The van der Waals surface area contributed by atoms with Crippen molar-refractivity contribution in [1.82, 2.24) is 4.90 Å². The summed E-state index contributed by atoms with van der Waals surface area (Å²) >= 11 is 0. The number of carbonyl (C=O) groups excluding carboxylic acids is 1. The van der Waals surface area contributed by atoms with E-state index in [1.807, 2.05) is 31.0 Å². The van der Waals surface area contributed by atoms with Gasteiger partial charge in [0, 0.05) is 36.5 Å². The highest BCUT2D eigenvalue weighted by Gasteiger charge is 2.25. The molecule has 27 heavy (non-hydrogen) atoms. The quantitative estimate of drug-likeness (QED) is 0.743. The first kappa shape index (κ1) is 19.5. The Hall–Kier alpha value is -2.30. The first-order chi connectivity index (χ1) is 12.9. The average Bonchev–Trinajstić information content (AvgIpc) is 2.67. The van der Waals surface area contributed by atoms with E-state index in [1.165, 1.54) is 12.8 Å². The fourth-order valence-electron chi connectivity index (χ4n) is 4.03. The first-order valence-corrected chi connectivity index (χ1v) is 9.76. The summed E-state index contributed by atoms with van der Waals surface area (Å²) in [5, 5.41) is 0.882. The standard InChI is InChI=1S/C22H29NO4/c1-14-5-7-16(8-6-14)23(3)21(24)12-11-19-15(2)18-10-9-17(26-4)13-20(18)27-22(19)25/h9-10,13-14,16H,5-8,11-12H2,1-4H3. The minimum absolute atomic E-state index is 0.100. The summed E-state index contributed by atoms with van der Waals surface area (Å²) in [6, 6.07) is 5.79. The molecular weight excluding hydrogens is 342 g/mol. The van der Waals surface area contributed by atoms with Crippen LogP contribution >= 0.6 is 0 Å². The fraction of sp³-hybridized carbons (Fsp3) is 0.545. The van der Waals surface area contributed by atoms with Gasteiger partial charge in [-0.1, -0.05) is 6.92 Å². The lowest BCUT2D eigenvalue weighted by atomic mass is 9.86. The maximum Gasteiger partial charge on any atom is 0.339 e. The van der Waals surface area contributed by atoms with Gasteiger partial charge in [-0.25, -0.2) is 4.79 Å². The highest BCUT2D eigenvalue weighted by atomic mass is 16.5. The molecule has 0 N–H and O–H groups in total. The van der Waals surface area contributed by atoms with Gasteiger partial charge in [-0.2, -0.15) is 0 Å². The number of hydrogen-bond acceptors (Lipinski definition) is 4. The number of rotatable bonds is 5. The molecule has 0 bridgehead atoms. The van der Waals surface area contributed by atoms with E-state index >= 15 is 0 Å². The zero-order chi connectivity index (χ0) is 19.6. The summed E-state index contributed by atoms with van der Waals surface area (Å²) in [6.07, 6.45) is 5.24. The van der Waals surface area contributed by atoms with Crippen molar-refractivity contribution in [3.05, 3.63) is 39.7 Å². The number of fused-ring (bicyclic) bond motifs is 1. The Balaban J connectivity index is 1.73. The average molecular weight is 371 g/mol. The van der Waals surface area contributed by atoms with Crippen LogP contribution in [0.5, 0.6) is 5.75 Å². The van der Waals surface area contributed by atoms with E-state index in [-0.39, 0.29) is 11.5 Å². The Bertz CT molecular complexity index is 878. The van der Waals surface area contributed by atoms with Gasteiger partial charge in [-0.3, -0.25) is 4.79 Å². The molecule has 1 aromatic heterocycles. The topological polar surface area (TPSA) is 59.8 Å². The molecule has 0 atom stereocenters. The Morgan fingerprint density at radius 3 is 2.63 bits per heavy atom. The monoisotopic (exact) mass is 371 g/mol. The molecule has 1 aromatic carbocycles. The molecule has 1 aliphatic rings. The maximum absolute atomic E-state index is 12.6. The lowest BCUT2D eigenvalue weighted by molar-refractivity contribution is -0.132. The number of hydrogen-bond donors (Lipinski definition) is 0. The Kier molecular flexibility index (Phi) is 5.88. The first-order valence-electron chi connectivity index (χ1n) is 9.76. The van der Waals surface area contributed by atoms with Crippen molar-refractivity contribution in [2.75, 3.05) is 14.2 Å². The molecule has 0 saturated heterocycles. The third-order valence-corrected chi connectivity index (χ3v) is 6.01. The number of aryl methyl sites for hydroxylation is 1. The van der Waals surface area contributed by atoms with E-state index < -0.39 is 0 Å². The van der Waals surface area contributed by atoms with Gasteiger partial charge in [-0.15, -0.1) is 0 Å². The molecule has 2 aromatic rings. The molecule has 1 fully saturated rings. The van der Waals surface area contributed by atoms with Gasteiger partial charge in [0.1, 0.15) is 11.3 Å². The number of amides is 1. The van der Waals surface area contributed by atoms with Crippen LogP contribution in [0.2, 0.25) is 0 Å². The van der Waals surface area contributed by atoms with Crippen LogP contribution in [0.4, 0.5) is 0 Å². The molecule has 0 aliphatic heterocycles. The molecule has 3 rings (SSSR count). The molecule has 0 radical (unpaired) electrons. The molecule has 0 spiro atoms. The zero-order valence-electron chi connectivity index (χ0n) is 16.7. The van der Waals surface area contributed by atoms with Crippen molar-refractivity contribution >= 4 is 16.9 Å². The summed E-state index contributed by atoms with van der Waals surface area (Å²) in [7, 11) is 3.47. The van der Waals surface area contributed by atoms with E-state index in [0.717, 1.165) is 29.7 Å². The second-order valence-corrected chi connectivity index (χ2v) is 7.77. The van der Waals surface area contributed by atoms with Gasteiger partial charge in [0.2, 0.25) is 5.91 Å². The van der Waals surface area contributed by atoms with Gasteiger partial charge in [-0.05, 0) is 62.6 Å². The SMILES string of the molecule is COc1ccc2c(C)c(CCC(=O)N(C)C3CCC(C)CC3)c(=O)oc2c1. The van der Waals surface area contributed by atoms with Gasteiger partial charge in [0.15, 0.2) is 0 Å². The maximum atomic E-state index is 12.6. The van der Waals surface area contributed by atoms with Crippen LogP contribution in [0.3, 0.4) is 0 Å². The van der Waals surface area contributed by atoms with E-state index in [0.29, 0.717) is 35.8 Å². The van der Waals surface area contributed by atoms with Crippen molar-refractivity contribution in [2.45, 2.75) is 58.4 Å². The van der Waals surface area contributed by atoms with Crippen molar-refractivity contribution in [3.63, 3.8) is 0 Å². The fourth-order valence-corrected chi connectivity index (χ4v) is 4.03. The van der Waals surface area contributed by atoms with E-state index in [1.54, 1.807) is 13.2 Å². The lowest BCUT2D eigenvalue weighted by Gasteiger charge is -2.33. The van der Waals surface area contributed by atoms with Crippen LogP contribution in [0.25, 0.3) is 11.0 Å². The number of carbonyl (C=O) groups is 1. The van der Waals surface area contributed by atoms with E-state index in [2.05, 4.69) is 6.92 Å². The van der Waals surface area contributed by atoms with Crippen LogP contribution in [-0.4, -0.2) is 31.0 Å². The van der Waals surface area contributed by atoms with Crippen molar-refractivity contribution in [2.24, 2.45) is 5.92 Å². The van der Waals surface area contributed by atoms with Gasteiger partial charge in [0.25, 0.3) is 0 Å². The van der Waals surface area contributed by atoms with Crippen LogP contribution in [0.15, 0.2) is 27.4 Å². The molecule has 5 nitrogen and oxygen atoms in total. The van der Waals surface area contributed by atoms with Crippen molar-refractivity contribution < 1.29 is 13.9 Å². The number of benzene rings is 1. The predicted molar refractivity (Wildman–Crippen MR) is 106 cm³/mol. The largest absolute Gasteiger partial charge is 0.497 e. The summed E-state index contributed by atoms with van der Waals surface area (Å²) in [6.45, 7) is 4.19. The smallest absolute Gasteiger partial charge is 0.339 e. The van der Waals surface area contributed by atoms with Crippen molar-refractivity contribution in [1.29, 1.82) is 0 Å². The van der Waals surface area contributed by atoms with Crippen LogP contribution in [-0.2, 0) is 11.2 Å². The summed E-state index contributed by atoms with van der Waals surface area (Å²) in [5.41, 5.74) is 1.62. The third kappa shape index (κ3) is 4.18. The number of ether oxygens (including phenoxy) is 1. The molecule has 1 saturated carbocycles. The third-order valence-electron chi connectivity index (χ3n) is 6.01. The predicted octanol–water partition coefficient (Wildman–Crippen LogP) is 4.08. The lowest BCUT2D eigenvalue weighted by Crippen LogP contribution is -2.39. The van der Waals surface area contributed by atoms with Gasteiger partial charge in [0.05, 0.1) is 7.11 Å². The zero-order valence-corrected chi connectivity index (χ0v) is 16.7. The molecular formula is C22H29NO4. The molecule has 1 amide bonds. The minimum atomic E-state index is -0.366. The highest BCUT2D eigenvalue weighted by molar-refractivity contribution is 5.82. The number of methoxy groups -OCH3 is 1. The Morgan fingerprint density at radius 1 is 1.26 bits per heavy atom.